The van der Waals surface area contributed by atoms with Gasteiger partial charge in [-0.1, -0.05) is 0 Å². The van der Waals surface area contributed by atoms with Gasteiger partial charge in [-0.2, -0.15) is 0 Å². The number of nitrogens with two attached hydrogens (primary N) is 1. The molecule has 0 spiro atoms. The van der Waals surface area contributed by atoms with E-state index in [2.05, 4.69) is 14.9 Å². The first-order chi connectivity index (χ1) is 8.80. The molecule has 2 N–H and O–H groups in total. The second-order valence-electron chi connectivity index (χ2n) is 5.35. The van der Waals surface area contributed by atoms with Crippen molar-refractivity contribution in [2.45, 2.75) is 12.6 Å². The van der Waals surface area contributed by atoms with Crippen molar-refractivity contribution >= 4 is 16.7 Å². The molecule has 8 nitrogen and oxygen atoms in total. The van der Waals surface area contributed by atoms with Crippen LogP contribution in [-0.2, 0) is 6.42 Å². The van der Waals surface area contributed by atoms with Crippen LogP contribution in [0, 0.1) is 10.1 Å². The quantitative estimate of drug-likeness (QED) is 0.377. The van der Waals surface area contributed by atoms with E-state index in [0.29, 0.717) is 16.4 Å². The van der Waals surface area contributed by atoms with Crippen LogP contribution in [0.1, 0.15) is 5.56 Å². The van der Waals surface area contributed by atoms with Gasteiger partial charge >= 0.3 is 5.69 Å². The summed E-state index contributed by atoms with van der Waals surface area (Å²) in [5, 5.41) is 18.2. The second kappa shape index (κ2) is 4.56. The van der Waals surface area contributed by atoms with Gasteiger partial charge in [0, 0.05) is 12.5 Å². The van der Waals surface area contributed by atoms with Crippen molar-refractivity contribution in [2.75, 3.05) is 21.1 Å². The molecule has 102 valence electrons. The Bertz CT molecular complexity index is 616. The fraction of sp³-hybridized carbons (Fsp3) is 0.455. The topological polar surface area (TPSA) is 108 Å². The smallest absolute Gasteiger partial charge is 0.300 e. The minimum Gasteiger partial charge on any atom is -0.316 e. The standard InChI is InChI=1S/C11H16N5O3/c1-16(2,3)9(12)6-7-4-5-8(15(17)18)11-10(7)13-19-14-11/h4-5,9H,6,12H2,1-3H3/q+1. The van der Waals surface area contributed by atoms with E-state index in [1.165, 1.54) is 6.07 Å². The molecule has 0 saturated carbocycles. The molecule has 0 amide bonds. The number of hydrogen-bond acceptors (Lipinski definition) is 6. The summed E-state index contributed by atoms with van der Waals surface area (Å²) in [5.74, 6) is 0. The number of nitro benzene ring substituents is 1. The first-order valence-corrected chi connectivity index (χ1v) is 5.76. The van der Waals surface area contributed by atoms with Gasteiger partial charge in [-0.15, -0.1) is 0 Å². The van der Waals surface area contributed by atoms with E-state index in [-0.39, 0.29) is 17.4 Å². The Morgan fingerprint density at radius 1 is 1.37 bits per heavy atom. The molecule has 2 aromatic rings. The predicted octanol–water partition coefficient (Wildman–Crippen LogP) is 0.664. The van der Waals surface area contributed by atoms with Crippen LogP contribution in [0.5, 0.6) is 0 Å². The summed E-state index contributed by atoms with van der Waals surface area (Å²) < 4.78 is 5.19. The van der Waals surface area contributed by atoms with Crippen LogP contribution in [0.2, 0.25) is 0 Å². The Morgan fingerprint density at radius 2 is 2.00 bits per heavy atom. The van der Waals surface area contributed by atoms with E-state index in [0.717, 1.165) is 5.56 Å². The Balaban J connectivity index is 2.44. The molecule has 1 aromatic heterocycles. The number of nitrogens with zero attached hydrogens (tertiary/aromatic N) is 4. The van der Waals surface area contributed by atoms with Gasteiger partial charge in [-0.3, -0.25) is 15.8 Å². The highest BCUT2D eigenvalue weighted by Gasteiger charge is 2.24. The van der Waals surface area contributed by atoms with Crippen molar-refractivity contribution in [1.82, 2.24) is 10.3 Å². The van der Waals surface area contributed by atoms with E-state index in [1.54, 1.807) is 6.07 Å². The van der Waals surface area contributed by atoms with Gasteiger partial charge in [0.05, 0.1) is 26.1 Å². The Morgan fingerprint density at radius 3 is 2.58 bits per heavy atom. The van der Waals surface area contributed by atoms with E-state index >= 15 is 0 Å². The van der Waals surface area contributed by atoms with E-state index < -0.39 is 4.92 Å². The molecule has 1 unspecified atom stereocenters. The van der Waals surface area contributed by atoms with Crippen LogP contribution in [0.4, 0.5) is 5.69 Å². The number of fused-ring (bicyclic) bond motifs is 1. The van der Waals surface area contributed by atoms with Crippen LogP contribution >= 0.6 is 0 Å². The lowest BCUT2D eigenvalue weighted by Crippen LogP contribution is -2.51. The first kappa shape index (κ1) is 13.4. The minimum absolute atomic E-state index is 0.112. The lowest BCUT2D eigenvalue weighted by molar-refractivity contribution is -0.895. The number of non-ortho nitro benzene ring substituents is 1. The zero-order valence-electron chi connectivity index (χ0n) is 11.0. The fourth-order valence-corrected chi connectivity index (χ4v) is 1.72. The van der Waals surface area contributed by atoms with E-state index in [4.69, 9.17) is 5.73 Å². The fourth-order valence-electron chi connectivity index (χ4n) is 1.72. The Kier molecular flexibility index (Phi) is 3.21. The number of quaternary nitrogens is 1. The number of rotatable bonds is 4. The highest BCUT2D eigenvalue weighted by atomic mass is 16.6. The Hall–Kier alpha value is -2.06. The van der Waals surface area contributed by atoms with Crippen LogP contribution in [0.3, 0.4) is 0 Å². The van der Waals surface area contributed by atoms with Crippen LogP contribution < -0.4 is 5.73 Å². The molecule has 1 atom stereocenters. The van der Waals surface area contributed by atoms with Crippen molar-refractivity contribution in [3.8, 4) is 0 Å². The molecule has 0 saturated heterocycles. The van der Waals surface area contributed by atoms with E-state index in [9.17, 15) is 10.1 Å². The SMILES string of the molecule is C[N+](C)(C)C(N)Cc1ccc([N+](=O)[O-])c2nonc12. The van der Waals surface area contributed by atoms with Crippen LogP contribution in [0.25, 0.3) is 11.0 Å². The third-order valence-corrected chi connectivity index (χ3v) is 3.10. The van der Waals surface area contributed by atoms with E-state index in [1.807, 2.05) is 21.1 Å². The van der Waals surface area contributed by atoms with Gasteiger partial charge in [-0.05, 0) is 21.9 Å². The third kappa shape index (κ3) is 2.54. The van der Waals surface area contributed by atoms with Gasteiger partial charge < -0.3 is 4.48 Å². The summed E-state index contributed by atoms with van der Waals surface area (Å²) in [6.07, 6.45) is 0.382. The van der Waals surface area contributed by atoms with Crippen LogP contribution in [0.15, 0.2) is 16.8 Å². The molecule has 8 heteroatoms. The highest BCUT2D eigenvalue weighted by Crippen LogP contribution is 2.26. The Labute approximate surface area is 109 Å². The summed E-state index contributed by atoms with van der Waals surface area (Å²) in [6, 6.07) is 3.06. The normalized spacial score (nSPS) is 13.7. The molecule has 0 radical (unpaired) electrons. The number of nitro groups is 1. The summed E-state index contributed by atoms with van der Waals surface area (Å²) in [4.78, 5) is 10.4. The van der Waals surface area contributed by atoms with Crippen LogP contribution in [-0.4, -0.2) is 47.0 Å². The number of aromatic nitrogens is 2. The molecule has 2 rings (SSSR count). The maximum atomic E-state index is 10.9. The highest BCUT2D eigenvalue weighted by molar-refractivity contribution is 5.85. The van der Waals surface area contributed by atoms with Crippen molar-refractivity contribution in [3.05, 3.63) is 27.8 Å². The zero-order valence-corrected chi connectivity index (χ0v) is 11.0. The van der Waals surface area contributed by atoms with Gasteiger partial charge in [0.1, 0.15) is 11.7 Å². The molecule has 1 aromatic carbocycles. The number of benzene rings is 1. The second-order valence-corrected chi connectivity index (χ2v) is 5.35. The maximum absolute atomic E-state index is 10.9. The summed E-state index contributed by atoms with van der Waals surface area (Å²) in [5.41, 5.74) is 7.35. The predicted molar refractivity (Wildman–Crippen MR) is 68.2 cm³/mol. The lowest BCUT2D eigenvalue weighted by atomic mass is 10.1. The molecule has 19 heavy (non-hydrogen) atoms. The van der Waals surface area contributed by atoms with Gasteiger partial charge in [0.2, 0.25) is 5.52 Å². The zero-order chi connectivity index (χ0) is 14.2. The van der Waals surface area contributed by atoms with Gasteiger partial charge in [0.25, 0.3) is 0 Å². The monoisotopic (exact) mass is 266 g/mol. The maximum Gasteiger partial charge on any atom is 0.300 e. The van der Waals surface area contributed by atoms with Gasteiger partial charge in [-0.25, -0.2) is 4.63 Å². The largest absolute Gasteiger partial charge is 0.316 e. The number of likely N-dealkylation sites (N-methyl/N-ethyl adjacent to an activating group) is 1. The first-order valence-electron chi connectivity index (χ1n) is 5.76. The summed E-state index contributed by atoms with van der Waals surface area (Å²) >= 11 is 0. The van der Waals surface area contributed by atoms with Gasteiger partial charge in [0.15, 0.2) is 0 Å². The molecule has 0 fully saturated rings. The molecular formula is C11H16N5O3+. The molecule has 0 bridgehead atoms. The summed E-state index contributed by atoms with van der Waals surface area (Å²) in [6.45, 7) is 0. The average Bonchev–Trinajstić information content (AvgIpc) is 2.76. The molecule has 0 aliphatic carbocycles. The van der Waals surface area contributed by atoms with Crippen molar-refractivity contribution in [2.24, 2.45) is 5.73 Å². The minimum atomic E-state index is -0.504. The molecular weight excluding hydrogens is 250 g/mol. The average molecular weight is 266 g/mol. The molecule has 0 aliphatic heterocycles. The van der Waals surface area contributed by atoms with Crippen molar-refractivity contribution in [3.63, 3.8) is 0 Å². The molecule has 1 heterocycles. The third-order valence-electron chi connectivity index (χ3n) is 3.10. The molecule has 0 aliphatic rings. The van der Waals surface area contributed by atoms with Crippen molar-refractivity contribution < 1.29 is 14.0 Å². The summed E-state index contributed by atoms with van der Waals surface area (Å²) in [7, 11) is 5.94. The van der Waals surface area contributed by atoms with Crippen molar-refractivity contribution in [1.29, 1.82) is 0 Å². The number of hydrogen-bond donors (Lipinski definition) is 1. The lowest BCUT2D eigenvalue weighted by Gasteiger charge is -2.31.